The lowest BCUT2D eigenvalue weighted by atomic mass is 10.2. The molecule has 0 atom stereocenters. The highest BCUT2D eigenvalue weighted by Crippen LogP contribution is 2.24. The van der Waals surface area contributed by atoms with E-state index in [1.54, 1.807) is 17.1 Å². The number of pyridine rings is 1. The van der Waals surface area contributed by atoms with Crippen LogP contribution < -0.4 is 5.73 Å². The van der Waals surface area contributed by atoms with Crippen molar-refractivity contribution in [3.05, 3.63) is 29.1 Å². The Bertz CT molecular complexity index is 464. The number of aromatic nitrogens is 3. The van der Waals surface area contributed by atoms with Crippen LogP contribution in [0, 0.1) is 0 Å². The summed E-state index contributed by atoms with van der Waals surface area (Å²) in [5.41, 5.74) is 7.62. The second-order valence-electron chi connectivity index (χ2n) is 2.99. The fourth-order valence-corrected chi connectivity index (χ4v) is 1.53. The molecule has 2 aromatic rings. The summed E-state index contributed by atoms with van der Waals surface area (Å²) in [5, 5.41) is 4.09. The highest BCUT2D eigenvalue weighted by molar-refractivity contribution is 9.10. The summed E-state index contributed by atoms with van der Waals surface area (Å²) in [4.78, 5) is 4.06. The molecular formula is C9H9BrN4. The van der Waals surface area contributed by atoms with E-state index in [1.165, 1.54) is 0 Å². The van der Waals surface area contributed by atoms with E-state index < -0.39 is 0 Å². The first-order chi connectivity index (χ1) is 6.66. The van der Waals surface area contributed by atoms with Crippen LogP contribution in [0.1, 0.15) is 0 Å². The molecule has 0 bridgehead atoms. The van der Waals surface area contributed by atoms with Gasteiger partial charge in [0.2, 0.25) is 0 Å². The monoisotopic (exact) mass is 252 g/mol. The Balaban J connectivity index is 2.47. The van der Waals surface area contributed by atoms with Gasteiger partial charge in [-0.15, -0.1) is 0 Å². The molecule has 5 heteroatoms. The molecule has 2 aromatic heterocycles. The van der Waals surface area contributed by atoms with Gasteiger partial charge >= 0.3 is 0 Å². The van der Waals surface area contributed by atoms with Crippen LogP contribution in [0.3, 0.4) is 0 Å². The molecule has 2 rings (SSSR count). The standard InChI is InChI=1S/C9H9BrN4/c1-14-5-7(4-13-14)6-2-8(10)9(11)12-3-6/h2-5H,1H3,(H2,11,12). The molecule has 0 saturated carbocycles. The fraction of sp³-hybridized carbons (Fsp3) is 0.111. The van der Waals surface area contributed by atoms with Crippen LogP contribution in [-0.2, 0) is 7.05 Å². The van der Waals surface area contributed by atoms with Gasteiger partial charge in [-0.05, 0) is 22.0 Å². The van der Waals surface area contributed by atoms with E-state index in [-0.39, 0.29) is 0 Å². The van der Waals surface area contributed by atoms with Crippen molar-refractivity contribution in [2.24, 2.45) is 7.05 Å². The van der Waals surface area contributed by atoms with Gasteiger partial charge in [-0.25, -0.2) is 4.98 Å². The largest absolute Gasteiger partial charge is 0.383 e. The smallest absolute Gasteiger partial charge is 0.137 e. The molecule has 0 saturated heterocycles. The first-order valence-electron chi connectivity index (χ1n) is 4.07. The summed E-state index contributed by atoms with van der Waals surface area (Å²) in [6.07, 6.45) is 5.45. The normalized spacial score (nSPS) is 10.4. The molecule has 72 valence electrons. The summed E-state index contributed by atoms with van der Waals surface area (Å²) in [6, 6.07) is 1.93. The van der Waals surface area contributed by atoms with Gasteiger partial charge in [0.25, 0.3) is 0 Å². The highest BCUT2D eigenvalue weighted by atomic mass is 79.9. The molecule has 0 unspecified atom stereocenters. The van der Waals surface area contributed by atoms with E-state index in [0.29, 0.717) is 5.82 Å². The lowest BCUT2D eigenvalue weighted by Crippen LogP contribution is -1.91. The van der Waals surface area contributed by atoms with Crippen molar-refractivity contribution in [2.45, 2.75) is 0 Å². The number of hydrogen-bond donors (Lipinski definition) is 1. The van der Waals surface area contributed by atoms with Crippen LogP contribution in [0.2, 0.25) is 0 Å². The predicted molar refractivity (Wildman–Crippen MR) is 58.6 cm³/mol. The maximum Gasteiger partial charge on any atom is 0.137 e. The summed E-state index contributed by atoms with van der Waals surface area (Å²) >= 11 is 3.34. The SMILES string of the molecule is Cn1cc(-c2cnc(N)c(Br)c2)cn1. The van der Waals surface area contributed by atoms with E-state index in [4.69, 9.17) is 5.73 Å². The van der Waals surface area contributed by atoms with Gasteiger partial charge in [0.15, 0.2) is 0 Å². The lowest BCUT2D eigenvalue weighted by molar-refractivity contribution is 0.768. The summed E-state index contributed by atoms with van der Waals surface area (Å²) in [6.45, 7) is 0. The van der Waals surface area contributed by atoms with Gasteiger partial charge in [-0.1, -0.05) is 0 Å². The molecule has 2 heterocycles. The molecule has 0 aromatic carbocycles. The zero-order valence-corrected chi connectivity index (χ0v) is 9.19. The Morgan fingerprint density at radius 2 is 2.14 bits per heavy atom. The molecule has 14 heavy (non-hydrogen) atoms. The Kier molecular flexibility index (Phi) is 2.25. The maximum atomic E-state index is 5.59. The summed E-state index contributed by atoms with van der Waals surface area (Å²) in [5.74, 6) is 0.498. The third-order valence-electron chi connectivity index (χ3n) is 1.91. The quantitative estimate of drug-likeness (QED) is 0.843. The predicted octanol–water partition coefficient (Wildman–Crippen LogP) is 1.83. The Labute approximate surface area is 89.9 Å². The second-order valence-corrected chi connectivity index (χ2v) is 3.85. The van der Waals surface area contributed by atoms with Crippen LogP contribution in [0.5, 0.6) is 0 Å². The van der Waals surface area contributed by atoms with Gasteiger partial charge in [0, 0.05) is 30.6 Å². The van der Waals surface area contributed by atoms with Gasteiger partial charge < -0.3 is 5.73 Å². The first-order valence-corrected chi connectivity index (χ1v) is 4.86. The number of anilines is 1. The Morgan fingerprint density at radius 1 is 1.36 bits per heavy atom. The van der Waals surface area contributed by atoms with Gasteiger partial charge in [-0.2, -0.15) is 5.10 Å². The summed E-state index contributed by atoms with van der Waals surface area (Å²) in [7, 11) is 1.88. The molecule has 0 radical (unpaired) electrons. The number of nitrogen functional groups attached to an aromatic ring is 1. The molecule has 0 aliphatic carbocycles. The molecule has 4 nitrogen and oxygen atoms in total. The Morgan fingerprint density at radius 3 is 2.71 bits per heavy atom. The molecular weight excluding hydrogens is 244 g/mol. The molecule has 0 aliphatic rings. The zero-order valence-electron chi connectivity index (χ0n) is 7.61. The number of hydrogen-bond acceptors (Lipinski definition) is 3. The van der Waals surface area contributed by atoms with E-state index in [1.807, 2.05) is 19.3 Å². The third-order valence-corrected chi connectivity index (χ3v) is 2.54. The van der Waals surface area contributed by atoms with Gasteiger partial charge in [0.05, 0.1) is 10.7 Å². The van der Waals surface area contributed by atoms with Crippen molar-refractivity contribution in [3.63, 3.8) is 0 Å². The lowest BCUT2D eigenvalue weighted by Gasteiger charge is -1.99. The molecule has 0 spiro atoms. The number of nitrogens with two attached hydrogens (primary N) is 1. The van der Waals surface area contributed by atoms with Crippen LogP contribution in [-0.4, -0.2) is 14.8 Å². The molecule has 0 aliphatic heterocycles. The number of aryl methyl sites for hydroxylation is 1. The van der Waals surface area contributed by atoms with E-state index in [9.17, 15) is 0 Å². The average Bonchev–Trinajstić information content (AvgIpc) is 2.57. The van der Waals surface area contributed by atoms with Crippen molar-refractivity contribution in [1.82, 2.24) is 14.8 Å². The van der Waals surface area contributed by atoms with Crippen molar-refractivity contribution in [3.8, 4) is 11.1 Å². The van der Waals surface area contributed by atoms with Crippen LogP contribution in [0.25, 0.3) is 11.1 Å². The molecule has 2 N–H and O–H groups in total. The second kappa shape index (κ2) is 3.42. The average molecular weight is 253 g/mol. The minimum absolute atomic E-state index is 0.498. The number of rotatable bonds is 1. The van der Waals surface area contributed by atoms with E-state index >= 15 is 0 Å². The van der Waals surface area contributed by atoms with Crippen LogP contribution in [0.15, 0.2) is 29.1 Å². The number of halogens is 1. The topological polar surface area (TPSA) is 56.7 Å². The summed E-state index contributed by atoms with van der Waals surface area (Å²) < 4.78 is 2.55. The fourth-order valence-electron chi connectivity index (χ4n) is 1.18. The van der Waals surface area contributed by atoms with E-state index in [2.05, 4.69) is 26.0 Å². The molecule has 0 amide bonds. The van der Waals surface area contributed by atoms with Crippen molar-refractivity contribution < 1.29 is 0 Å². The van der Waals surface area contributed by atoms with Gasteiger partial charge in [-0.3, -0.25) is 4.68 Å². The maximum absolute atomic E-state index is 5.59. The minimum Gasteiger partial charge on any atom is -0.383 e. The van der Waals surface area contributed by atoms with Crippen molar-refractivity contribution in [1.29, 1.82) is 0 Å². The first kappa shape index (κ1) is 9.21. The minimum atomic E-state index is 0.498. The molecule has 0 fully saturated rings. The third kappa shape index (κ3) is 1.63. The highest BCUT2D eigenvalue weighted by Gasteiger charge is 2.03. The Hall–Kier alpha value is -1.36. The zero-order chi connectivity index (χ0) is 10.1. The number of nitrogens with zero attached hydrogens (tertiary/aromatic N) is 3. The van der Waals surface area contributed by atoms with Crippen LogP contribution in [0.4, 0.5) is 5.82 Å². The van der Waals surface area contributed by atoms with E-state index in [0.717, 1.165) is 15.6 Å². The van der Waals surface area contributed by atoms with Gasteiger partial charge in [0.1, 0.15) is 5.82 Å². The van der Waals surface area contributed by atoms with Crippen molar-refractivity contribution >= 4 is 21.7 Å². The van der Waals surface area contributed by atoms with Crippen molar-refractivity contribution in [2.75, 3.05) is 5.73 Å². The van der Waals surface area contributed by atoms with Crippen LogP contribution >= 0.6 is 15.9 Å².